The second kappa shape index (κ2) is 10.2. The number of alkyl halides is 3. The quantitative estimate of drug-likeness (QED) is 0.627. The van der Waals surface area contributed by atoms with E-state index in [9.17, 15) is 22.4 Å². The fourth-order valence-corrected chi connectivity index (χ4v) is 2.58. The van der Waals surface area contributed by atoms with E-state index in [1.54, 1.807) is 30.3 Å². The van der Waals surface area contributed by atoms with Gasteiger partial charge in [0.25, 0.3) is 5.91 Å². The molecular weight excluding hydrogens is 388 g/mol. The number of benzene rings is 2. The van der Waals surface area contributed by atoms with Crippen molar-refractivity contribution < 1.29 is 22.4 Å². The highest BCUT2D eigenvalue weighted by Gasteiger charge is 2.14. The fraction of sp³-hybridized carbons (Fsp3) is 0.150. The summed E-state index contributed by atoms with van der Waals surface area (Å²) in [5.41, 5.74) is 8.18. The first-order valence-electron chi connectivity index (χ1n) is 8.50. The molecule has 0 aliphatic carbocycles. The van der Waals surface area contributed by atoms with Gasteiger partial charge in [0.05, 0.1) is 0 Å². The third-order valence-corrected chi connectivity index (χ3v) is 3.77. The number of nitrogens with one attached hydrogen (secondary N) is 1. The number of nitrogen functional groups attached to an aromatic ring is 1. The van der Waals surface area contributed by atoms with Crippen LogP contribution in [0.1, 0.15) is 17.3 Å². The lowest BCUT2D eigenvalue weighted by Gasteiger charge is -2.11. The topological polar surface area (TPSA) is 80.9 Å². The summed E-state index contributed by atoms with van der Waals surface area (Å²) in [5, 5.41) is 2.77. The second-order valence-electron chi connectivity index (χ2n) is 5.68. The zero-order chi connectivity index (χ0) is 21.4. The molecular formula is C20H18F4N4O. The molecule has 1 heterocycles. The predicted octanol–water partition coefficient (Wildman–Crippen LogP) is 4.46. The fourth-order valence-electron chi connectivity index (χ4n) is 2.58. The molecule has 3 aromatic rings. The van der Waals surface area contributed by atoms with Crippen molar-refractivity contribution in [3.63, 3.8) is 0 Å². The number of aromatic nitrogens is 2. The van der Waals surface area contributed by atoms with E-state index in [0.29, 0.717) is 34.4 Å². The molecule has 0 atom stereocenters. The Balaban J connectivity index is 0.000000687. The molecule has 152 valence electrons. The average Bonchev–Trinajstić information content (AvgIpc) is 2.68. The maximum absolute atomic E-state index is 14.6. The summed E-state index contributed by atoms with van der Waals surface area (Å²) in [6.07, 6.45) is 2.95. The Morgan fingerprint density at radius 2 is 1.66 bits per heavy atom. The van der Waals surface area contributed by atoms with Crippen LogP contribution in [0.3, 0.4) is 0 Å². The van der Waals surface area contributed by atoms with Crippen molar-refractivity contribution in [2.75, 3.05) is 12.3 Å². The Hall–Kier alpha value is -3.49. The van der Waals surface area contributed by atoms with Crippen LogP contribution >= 0.6 is 0 Å². The van der Waals surface area contributed by atoms with Crippen LogP contribution < -0.4 is 11.1 Å². The van der Waals surface area contributed by atoms with Gasteiger partial charge in [0.1, 0.15) is 5.82 Å². The van der Waals surface area contributed by atoms with E-state index in [1.807, 2.05) is 13.0 Å². The predicted molar refractivity (Wildman–Crippen MR) is 102 cm³/mol. The standard InChI is InChI=1S/C19H17FN4O.CHF3/c1-2-22-18(25)16-6-4-3-5-14(16)12-7-8-15(17(20)9-12)13-10-23-19(21)24-11-13;2-1(3)4/h3-11H,2H2,1H3,(H,22,25)(H2,21,23,24);1H. The summed E-state index contributed by atoms with van der Waals surface area (Å²) in [6, 6.07) is 11.9. The molecule has 3 rings (SSSR count). The van der Waals surface area contributed by atoms with Gasteiger partial charge >= 0.3 is 6.68 Å². The van der Waals surface area contributed by atoms with Crippen LogP contribution in [0.25, 0.3) is 22.3 Å². The molecule has 9 heteroatoms. The molecule has 0 aliphatic rings. The molecule has 0 aliphatic heterocycles. The molecule has 0 radical (unpaired) electrons. The number of carbonyl (C=O) groups excluding carboxylic acids is 1. The molecule has 0 saturated carbocycles. The normalized spacial score (nSPS) is 10.3. The third kappa shape index (κ3) is 6.00. The minimum Gasteiger partial charge on any atom is -0.368 e. The zero-order valence-corrected chi connectivity index (χ0v) is 15.4. The number of amides is 1. The van der Waals surface area contributed by atoms with Crippen molar-refractivity contribution >= 4 is 11.9 Å². The van der Waals surface area contributed by atoms with Crippen molar-refractivity contribution in [3.05, 3.63) is 66.2 Å². The highest BCUT2D eigenvalue weighted by molar-refractivity contribution is 6.00. The average molecular weight is 406 g/mol. The Labute approximate surface area is 164 Å². The molecule has 0 bridgehead atoms. The number of carbonyl (C=O) groups is 1. The molecule has 29 heavy (non-hydrogen) atoms. The van der Waals surface area contributed by atoms with E-state index in [-0.39, 0.29) is 11.9 Å². The van der Waals surface area contributed by atoms with Crippen LogP contribution in [0.2, 0.25) is 0 Å². The summed E-state index contributed by atoms with van der Waals surface area (Å²) >= 11 is 0. The number of anilines is 1. The number of halogens is 4. The second-order valence-corrected chi connectivity index (χ2v) is 5.68. The highest BCUT2D eigenvalue weighted by atomic mass is 19.4. The summed E-state index contributed by atoms with van der Waals surface area (Å²) in [4.78, 5) is 20.0. The maximum Gasteiger partial charge on any atom is 0.379 e. The lowest BCUT2D eigenvalue weighted by atomic mass is 9.97. The largest absolute Gasteiger partial charge is 0.379 e. The number of rotatable bonds is 4. The molecule has 3 N–H and O–H groups in total. The first kappa shape index (κ1) is 21.8. The van der Waals surface area contributed by atoms with Crippen molar-refractivity contribution in [1.29, 1.82) is 0 Å². The van der Waals surface area contributed by atoms with Crippen LogP contribution in [0.15, 0.2) is 54.9 Å². The van der Waals surface area contributed by atoms with Crippen molar-refractivity contribution in [1.82, 2.24) is 15.3 Å². The molecule has 0 unspecified atom stereocenters. The van der Waals surface area contributed by atoms with Gasteiger partial charge in [-0.1, -0.05) is 30.3 Å². The van der Waals surface area contributed by atoms with E-state index >= 15 is 0 Å². The van der Waals surface area contributed by atoms with Gasteiger partial charge in [-0.05, 0) is 30.2 Å². The smallest absolute Gasteiger partial charge is 0.368 e. The van der Waals surface area contributed by atoms with Gasteiger partial charge in [-0.3, -0.25) is 4.79 Å². The van der Waals surface area contributed by atoms with Gasteiger partial charge in [-0.2, -0.15) is 13.2 Å². The van der Waals surface area contributed by atoms with Crippen LogP contribution in [0.5, 0.6) is 0 Å². The minimum absolute atomic E-state index is 0.136. The van der Waals surface area contributed by atoms with E-state index in [1.165, 1.54) is 18.5 Å². The molecule has 2 aromatic carbocycles. The zero-order valence-electron chi connectivity index (χ0n) is 15.4. The molecule has 0 spiro atoms. The van der Waals surface area contributed by atoms with Gasteiger partial charge in [-0.25, -0.2) is 14.4 Å². The van der Waals surface area contributed by atoms with E-state index < -0.39 is 12.5 Å². The van der Waals surface area contributed by atoms with Crippen molar-refractivity contribution in [3.8, 4) is 22.3 Å². The van der Waals surface area contributed by atoms with E-state index in [2.05, 4.69) is 15.3 Å². The first-order valence-corrected chi connectivity index (χ1v) is 8.50. The molecule has 0 fully saturated rings. The van der Waals surface area contributed by atoms with Crippen LogP contribution in [-0.4, -0.2) is 29.1 Å². The Bertz CT molecular complexity index is 962. The Morgan fingerprint density at radius 1 is 1.03 bits per heavy atom. The van der Waals surface area contributed by atoms with E-state index in [4.69, 9.17) is 5.73 Å². The van der Waals surface area contributed by atoms with Gasteiger partial charge in [-0.15, -0.1) is 0 Å². The minimum atomic E-state index is -3.67. The van der Waals surface area contributed by atoms with Crippen LogP contribution in [-0.2, 0) is 0 Å². The highest BCUT2D eigenvalue weighted by Crippen LogP contribution is 2.29. The summed E-state index contributed by atoms with van der Waals surface area (Å²) in [7, 11) is 0. The van der Waals surface area contributed by atoms with E-state index in [0.717, 1.165) is 0 Å². The molecule has 5 nitrogen and oxygen atoms in total. The van der Waals surface area contributed by atoms with Gasteiger partial charge in [0.2, 0.25) is 5.95 Å². The Morgan fingerprint density at radius 3 is 2.24 bits per heavy atom. The summed E-state index contributed by atoms with van der Waals surface area (Å²) in [5.74, 6) is -0.470. The molecule has 1 amide bonds. The summed E-state index contributed by atoms with van der Waals surface area (Å²) in [6.45, 7) is -1.29. The number of hydrogen-bond donors (Lipinski definition) is 2. The number of nitrogens with two attached hydrogens (primary N) is 1. The van der Waals surface area contributed by atoms with Crippen molar-refractivity contribution in [2.24, 2.45) is 0 Å². The monoisotopic (exact) mass is 406 g/mol. The van der Waals surface area contributed by atoms with Gasteiger partial charge in [0, 0.05) is 35.6 Å². The first-order chi connectivity index (χ1) is 13.8. The molecule has 1 aromatic heterocycles. The van der Waals surface area contributed by atoms with Crippen LogP contribution in [0, 0.1) is 5.82 Å². The van der Waals surface area contributed by atoms with Crippen molar-refractivity contribution in [2.45, 2.75) is 13.6 Å². The van der Waals surface area contributed by atoms with Gasteiger partial charge < -0.3 is 11.1 Å². The summed E-state index contributed by atoms with van der Waals surface area (Å²) < 4.78 is 43.6. The Kier molecular flexibility index (Phi) is 7.64. The number of nitrogens with zero attached hydrogens (tertiary/aromatic N) is 2. The van der Waals surface area contributed by atoms with Crippen LogP contribution in [0.4, 0.5) is 23.5 Å². The SMILES string of the molecule is CCNC(=O)c1ccccc1-c1ccc(-c2cnc(N)nc2)c(F)c1.FC(F)F. The van der Waals surface area contributed by atoms with Gasteiger partial charge in [0.15, 0.2) is 0 Å². The lowest BCUT2D eigenvalue weighted by molar-refractivity contribution is 0.00818. The number of hydrogen-bond acceptors (Lipinski definition) is 4. The lowest BCUT2D eigenvalue weighted by Crippen LogP contribution is -2.23. The maximum atomic E-state index is 14.6. The molecule has 0 saturated heterocycles. The third-order valence-electron chi connectivity index (χ3n) is 3.77.